The van der Waals surface area contributed by atoms with E-state index in [2.05, 4.69) is 65.3 Å². The Bertz CT molecular complexity index is 554. The topological polar surface area (TPSA) is 41.0 Å². The quantitative estimate of drug-likeness (QED) is 0.845. The number of aryl methyl sites for hydroxylation is 1. The molecule has 2 aromatic rings. The first-order valence-corrected chi connectivity index (χ1v) is 7.59. The third-order valence-electron chi connectivity index (χ3n) is 3.28. The lowest BCUT2D eigenvalue weighted by molar-refractivity contribution is 0.855. The molecule has 4 nitrogen and oxygen atoms in total. The molecular formula is C17H24N4. The fraction of sp³-hybridized carbons (Fsp3) is 0.412. The summed E-state index contributed by atoms with van der Waals surface area (Å²) in [5, 5.41) is 3.35. The van der Waals surface area contributed by atoms with Gasteiger partial charge in [0.05, 0.1) is 0 Å². The molecule has 0 amide bonds. The van der Waals surface area contributed by atoms with Gasteiger partial charge in [-0.2, -0.15) is 0 Å². The molecule has 2 rings (SSSR count). The highest BCUT2D eigenvalue weighted by atomic mass is 15.2. The molecule has 0 atom stereocenters. The molecule has 21 heavy (non-hydrogen) atoms. The maximum absolute atomic E-state index is 4.63. The number of aromatic nitrogens is 2. The monoisotopic (exact) mass is 284 g/mol. The van der Waals surface area contributed by atoms with Crippen LogP contribution in [0.25, 0.3) is 0 Å². The van der Waals surface area contributed by atoms with Crippen LogP contribution in [0.1, 0.15) is 31.7 Å². The minimum absolute atomic E-state index is 0.841. The summed E-state index contributed by atoms with van der Waals surface area (Å²) in [6.45, 7) is 6.01. The minimum Gasteiger partial charge on any atom is -0.370 e. The van der Waals surface area contributed by atoms with Gasteiger partial charge >= 0.3 is 0 Å². The maximum atomic E-state index is 4.63. The van der Waals surface area contributed by atoms with Crippen molar-refractivity contribution in [3.05, 3.63) is 47.8 Å². The van der Waals surface area contributed by atoms with E-state index < -0.39 is 0 Å². The third-order valence-corrected chi connectivity index (χ3v) is 3.28. The molecular weight excluding hydrogens is 260 g/mol. The van der Waals surface area contributed by atoms with Gasteiger partial charge in [0.15, 0.2) is 0 Å². The van der Waals surface area contributed by atoms with E-state index in [0.717, 1.165) is 43.4 Å². The van der Waals surface area contributed by atoms with Crippen LogP contribution in [-0.4, -0.2) is 23.6 Å². The molecule has 112 valence electrons. The molecule has 0 aliphatic rings. The first-order chi connectivity index (χ1) is 10.2. The highest BCUT2D eigenvalue weighted by Gasteiger charge is 2.08. The Morgan fingerprint density at radius 2 is 1.86 bits per heavy atom. The van der Waals surface area contributed by atoms with Crippen molar-refractivity contribution in [3.63, 3.8) is 0 Å². The molecule has 0 unspecified atom stereocenters. The van der Waals surface area contributed by atoms with E-state index >= 15 is 0 Å². The second-order valence-corrected chi connectivity index (χ2v) is 5.15. The third kappa shape index (κ3) is 4.45. The summed E-state index contributed by atoms with van der Waals surface area (Å²) in [4.78, 5) is 11.3. The van der Waals surface area contributed by atoms with Gasteiger partial charge in [-0.15, -0.1) is 0 Å². The Balaban J connectivity index is 2.16. The Kier molecular flexibility index (Phi) is 5.55. The molecule has 0 fully saturated rings. The van der Waals surface area contributed by atoms with E-state index in [0.29, 0.717) is 0 Å². The van der Waals surface area contributed by atoms with Gasteiger partial charge in [-0.1, -0.05) is 44.2 Å². The normalized spacial score (nSPS) is 10.4. The number of nitrogens with zero attached hydrogens (tertiary/aromatic N) is 3. The summed E-state index contributed by atoms with van der Waals surface area (Å²) < 4.78 is 0. The summed E-state index contributed by atoms with van der Waals surface area (Å²) in [6.07, 6.45) is 1.93. The number of benzene rings is 1. The van der Waals surface area contributed by atoms with Crippen LogP contribution >= 0.6 is 0 Å². The van der Waals surface area contributed by atoms with E-state index in [9.17, 15) is 0 Å². The first kappa shape index (κ1) is 15.3. The molecule has 0 saturated carbocycles. The largest absolute Gasteiger partial charge is 0.370 e. The van der Waals surface area contributed by atoms with Crippen molar-refractivity contribution in [1.82, 2.24) is 9.97 Å². The molecule has 0 aliphatic heterocycles. The summed E-state index contributed by atoms with van der Waals surface area (Å²) in [5.74, 6) is 2.76. The van der Waals surface area contributed by atoms with Crippen LogP contribution in [-0.2, 0) is 13.0 Å². The predicted molar refractivity (Wildman–Crippen MR) is 88.7 cm³/mol. The Labute approximate surface area is 127 Å². The molecule has 0 aliphatic carbocycles. The molecule has 0 radical (unpaired) electrons. The van der Waals surface area contributed by atoms with Gasteiger partial charge < -0.3 is 10.2 Å². The Morgan fingerprint density at radius 3 is 2.52 bits per heavy atom. The SMILES string of the molecule is CCCNc1cc(N(C)Cc2ccccc2)nc(CC)n1. The molecule has 1 heterocycles. The lowest BCUT2D eigenvalue weighted by Gasteiger charge is -2.20. The minimum atomic E-state index is 0.841. The van der Waals surface area contributed by atoms with E-state index in [-0.39, 0.29) is 0 Å². The number of hydrogen-bond acceptors (Lipinski definition) is 4. The van der Waals surface area contributed by atoms with Gasteiger partial charge in [0.2, 0.25) is 0 Å². The van der Waals surface area contributed by atoms with Crippen LogP contribution in [0, 0.1) is 0 Å². The molecule has 0 spiro atoms. The van der Waals surface area contributed by atoms with Crippen LogP contribution in [0.2, 0.25) is 0 Å². The van der Waals surface area contributed by atoms with Gasteiger partial charge in [0, 0.05) is 32.6 Å². The van der Waals surface area contributed by atoms with E-state index in [1.165, 1.54) is 5.56 Å². The summed E-state index contributed by atoms with van der Waals surface area (Å²) in [5.41, 5.74) is 1.28. The predicted octanol–water partition coefficient (Wildman–Crippen LogP) is 3.50. The van der Waals surface area contributed by atoms with Gasteiger partial charge in [0.1, 0.15) is 17.5 Å². The van der Waals surface area contributed by atoms with Crippen LogP contribution < -0.4 is 10.2 Å². The molecule has 1 aromatic carbocycles. The molecule has 1 N–H and O–H groups in total. The van der Waals surface area contributed by atoms with Crippen molar-refractivity contribution < 1.29 is 0 Å². The summed E-state index contributed by atoms with van der Waals surface area (Å²) in [6, 6.07) is 12.5. The second kappa shape index (κ2) is 7.62. The van der Waals surface area contributed by atoms with Crippen molar-refractivity contribution >= 4 is 11.6 Å². The second-order valence-electron chi connectivity index (χ2n) is 5.15. The lowest BCUT2D eigenvalue weighted by atomic mass is 10.2. The van der Waals surface area contributed by atoms with Gasteiger partial charge in [-0.25, -0.2) is 9.97 Å². The van der Waals surface area contributed by atoms with Crippen molar-refractivity contribution in [3.8, 4) is 0 Å². The fourth-order valence-corrected chi connectivity index (χ4v) is 2.12. The lowest BCUT2D eigenvalue weighted by Crippen LogP contribution is -2.19. The van der Waals surface area contributed by atoms with Crippen molar-refractivity contribution in [2.24, 2.45) is 0 Å². The first-order valence-electron chi connectivity index (χ1n) is 7.59. The van der Waals surface area contributed by atoms with Crippen LogP contribution in [0.5, 0.6) is 0 Å². The van der Waals surface area contributed by atoms with Crippen LogP contribution in [0.4, 0.5) is 11.6 Å². The average Bonchev–Trinajstić information content (AvgIpc) is 2.53. The van der Waals surface area contributed by atoms with Crippen LogP contribution in [0.3, 0.4) is 0 Å². The summed E-state index contributed by atoms with van der Waals surface area (Å²) in [7, 11) is 2.07. The highest BCUT2D eigenvalue weighted by Crippen LogP contribution is 2.17. The van der Waals surface area contributed by atoms with E-state index in [1.54, 1.807) is 0 Å². The van der Waals surface area contributed by atoms with Gasteiger partial charge in [-0.3, -0.25) is 0 Å². The smallest absolute Gasteiger partial charge is 0.134 e. The van der Waals surface area contributed by atoms with Crippen molar-refractivity contribution in [1.29, 1.82) is 0 Å². The average molecular weight is 284 g/mol. The van der Waals surface area contributed by atoms with Gasteiger partial charge in [0.25, 0.3) is 0 Å². The summed E-state index contributed by atoms with van der Waals surface area (Å²) >= 11 is 0. The highest BCUT2D eigenvalue weighted by molar-refractivity contribution is 5.49. The van der Waals surface area contributed by atoms with Crippen molar-refractivity contribution in [2.45, 2.75) is 33.2 Å². The van der Waals surface area contributed by atoms with Crippen molar-refractivity contribution in [2.75, 3.05) is 23.8 Å². The number of rotatable bonds is 7. The zero-order valence-electron chi connectivity index (χ0n) is 13.1. The number of hydrogen-bond donors (Lipinski definition) is 1. The molecule has 0 bridgehead atoms. The number of anilines is 2. The Hall–Kier alpha value is -2.10. The standard InChI is InChI=1S/C17H24N4/c1-4-11-18-16-12-17(20-15(5-2)19-16)21(3)13-14-9-7-6-8-10-14/h6-10,12H,4-5,11,13H2,1-3H3,(H,18,19,20). The number of nitrogens with one attached hydrogen (secondary N) is 1. The van der Waals surface area contributed by atoms with E-state index in [1.807, 2.05) is 12.1 Å². The van der Waals surface area contributed by atoms with Gasteiger partial charge in [-0.05, 0) is 12.0 Å². The van der Waals surface area contributed by atoms with E-state index in [4.69, 9.17) is 0 Å². The Morgan fingerprint density at radius 1 is 1.10 bits per heavy atom. The zero-order chi connectivity index (χ0) is 15.1. The zero-order valence-corrected chi connectivity index (χ0v) is 13.1. The molecule has 4 heteroatoms. The molecule has 1 aromatic heterocycles. The fourth-order valence-electron chi connectivity index (χ4n) is 2.12. The molecule has 0 saturated heterocycles. The van der Waals surface area contributed by atoms with Crippen LogP contribution in [0.15, 0.2) is 36.4 Å². The maximum Gasteiger partial charge on any atom is 0.134 e.